The summed E-state index contributed by atoms with van der Waals surface area (Å²) in [5, 5.41) is 10.1. The van der Waals surface area contributed by atoms with Gasteiger partial charge in [0.15, 0.2) is 0 Å². The van der Waals surface area contributed by atoms with Crippen LogP contribution in [-0.4, -0.2) is 26.1 Å². The van der Waals surface area contributed by atoms with Crippen molar-refractivity contribution in [2.75, 3.05) is 5.75 Å². The van der Waals surface area contributed by atoms with Crippen molar-refractivity contribution >= 4 is 22.1 Å². The maximum atomic E-state index is 11.5. The summed E-state index contributed by atoms with van der Waals surface area (Å²) in [6.07, 6.45) is 4.54. The standard InChI is InChI=1S/C14H26O6S.Na/c1-12(2)8-6-4-3-5-7-11-21(18,19)20-14(17)10-9-13(15)16;/h12H,3-11H2,1-2H3,(H,15,16);/q;+1/p-1. The molecule has 0 atom stereocenters. The zero-order valence-electron chi connectivity index (χ0n) is 13.8. The van der Waals surface area contributed by atoms with Gasteiger partial charge in [0.2, 0.25) is 0 Å². The van der Waals surface area contributed by atoms with E-state index in [-0.39, 0.29) is 35.3 Å². The third-order valence-electron chi connectivity index (χ3n) is 2.93. The average Bonchev–Trinajstić information content (AvgIpc) is 2.34. The predicted molar refractivity (Wildman–Crippen MR) is 76.7 cm³/mol. The molecule has 0 bridgehead atoms. The number of hydrogen-bond acceptors (Lipinski definition) is 6. The maximum absolute atomic E-state index is 11.5. The molecule has 0 N–H and O–H groups in total. The first-order valence-corrected chi connectivity index (χ1v) is 8.95. The van der Waals surface area contributed by atoms with Crippen molar-refractivity contribution in [2.24, 2.45) is 5.92 Å². The van der Waals surface area contributed by atoms with Gasteiger partial charge in [0.05, 0.1) is 12.2 Å². The van der Waals surface area contributed by atoms with E-state index in [1.54, 1.807) is 0 Å². The number of carbonyl (C=O) groups is 2. The van der Waals surface area contributed by atoms with Crippen LogP contribution in [0.2, 0.25) is 0 Å². The topological polar surface area (TPSA) is 101 Å². The summed E-state index contributed by atoms with van der Waals surface area (Å²) < 4.78 is 27.2. The van der Waals surface area contributed by atoms with Gasteiger partial charge in [0, 0.05) is 5.97 Å². The predicted octanol–water partition coefficient (Wildman–Crippen LogP) is -1.61. The van der Waals surface area contributed by atoms with E-state index < -0.39 is 34.9 Å². The summed E-state index contributed by atoms with van der Waals surface area (Å²) in [4.78, 5) is 21.2. The third-order valence-corrected chi connectivity index (χ3v) is 4.16. The molecular weight excluding hydrogens is 319 g/mol. The van der Waals surface area contributed by atoms with Gasteiger partial charge in [-0.1, -0.05) is 46.0 Å². The maximum Gasteiger partial charge on any atom is 1.00 e. The fourth-order valence-corrected chi connectivity index (χ4v) is 2.80. The monoisotopic (exact) mass is 344 g/mol. The molecule has 0 heterocycles. The largest absolute Gasteiger partial charge is 1.00 e. The van der Waals surface area contributed by atoms with Gasteiger partial charge in [0.1, 0.15) is 0 Å². The van der Waals surface area contributed by atoms with Crippen molar-refractivity contribution in [3.63, 3.8) is 0 Å². The van der Waals surface area contributed by atoms with Gasteiger partial charge >= 0.3 is 45.6 Å². The van der Waals surface area contributed by atoms with Crippen LogP contribution >= 0.6 is 0 Å². The molecule has 0 aliphatic heterocycles. The van der Waals surface area contributed by atoms with Crippen molar-refractivity contribution in [1.82, 2.24) is 0 Å². The van der Waals surface area contributed by atoms with Crippen LogP contribution in [0.25, 0.3) is 0 Å². The average molecular weight is 344 g/mol. The van der Waals surface area contributed by atoms with Crippen molar-refractivity contribution in [2.45, 2.75) is 65.2 Å². The van der Waals surface area contributed by atoms with Crippen LogP contribution in [0.5, 0.6) is 0 Å². The molecule has 0 rings (SSSR count). The van der Waals surface area contributed by atoms with Crippen molar-refractivity contribution in [3.8, 4) is 0 Å². The van der Waals surface area contributed by atoms with E-state index in [0.29, 0.717) is 12.3 Å². The molecule has 0 saturated heterocycles. The third kappa shape index (κ3) is 16.3. The molecule has 6 nitrogen and oxygen atoms in total. The van der Waals surface area contributed by atoms with E-state index in [2.05, 4.69) is 18.0 Å². The first-order valence-electron chi connectivity index (χ1n) is 7.38. The van der Waals surface area contributed by atoms with Crippen LogP contribution in [0.3, 0.4) is 0 Å². The van der Waals surface area contributed by atoms with Crippen molar-refractivity contribution in [1.29, 1.82) is 0 Å². The van der Waals surface area contributed by atoms with Crippen molar-refractivity contribution < 1.29 is 56.9 Å². The first-order chi connectivity index (χ1) is 9.73. The number of carboxylic acids is 1. The van der Waals surface area contributed by atoms with E-state index in [0.717, 1.165) is 25.7 Å². The Bertz CT molecular complexity index is 419. The Morgan fingerprint density at radius 2 is 1.55 bits per heavy atom. The number of carboxylic acid groups (broad SMARTS) is 1. The SMILES string of the molecule is CC(C)CCCCCCCS(=O)(=O)OC(=O)CCC(=O)[O-].[Na+]. The minimum Gasteiger partial charge on any atom is -0.550 e. The molecule has 8 heteroatoms. The quantitative estimate of drug-likeness (QED) is 0.240. The molecule has 0 fully saturated rings. The van der Waals surface area contributed by atoms with Gasteiger partial charge in [-0.05, 0) is 18.8 Å². The summed E-state index contributed by atoms with van der Waals surface area (Å²) in [7, 11) is -3.90. The molecule has 0 spiro atoms. The van der Waals surface area contributed by atoms with E-state index >= 15 is 0 Å². The second-order valence-corrected chi connectivity index (χ2v) is 7.23. The Kier molecular flexibility index (Phi) is 14.6. The Labute approximate surface area is 155 Å². The number of rotatable bonds is 12. The summed E-state index contributed by atoms with van der Waals surface area (Å²) >= 11 is 0. The molecule has 124 valence electrons. The summed E-state index contributed by atoms with van der Waals surface area (Å²) in [6.45, 7) is 4.34. The summed E-state index contributed by atoms with van der Waals surface area (Å²) in [5.74, 6) is -1.98. The zero-order valence-corrected chi connectivity index (χ0v) is 16.6. The minimum absolute atomic E-state index is 0. The van der Waals surface area contributed by atoms with Crippen LogP contribution in [0, 0.1) is 5.92 Å². The number of aliphatic carboxylic acids is 1. The van der Waals surface area contributed by atoms with Crippen LogP contribution in [0.4, 0.5) is 0 Å². The van der Waals surface area contributed by atoms with E-state index in [1.807, 2.05) is 0 Å². The molecule has 0 aromatic rings. The second kappa shape index (κ2) is 13.3. The Balaban J connectivity index is 0. The zero-order chi connectivity index (χ0) is 16.3. The van der Waals surface area contributed by atoms with Gasteiger partial charge in [-0.25, -0.2) is 0 Å². The number of carbonyl (C=O) groups excluding carboxylic acids is 2. The fraction of sp³-hybridized carbons (Fsp3) is 0.857. The molecule has 0 aliphatic carbocycles. The van der Waals surface area contributed by atoms with Crippen LogP contribution in [0.1, 0.15) is 65.2 Å². The van der Waals surface area contributed by atoms with Crippen LogP contribution in [-0.2, 0) is 23.9 Å². The van der Waals surface area contributed by atoms with Gasteiger partial charge in [-0.2, -0.15) is 8.42 Å². The molecule has 0 unspecified atom stereocenters. The first kappa shape index (κ1) is 24.1. The summed E-state index contributed by atoms with van der Waals surface area (Å²) in [5.41, 5.74) is 0. The molecule has 22 heavy (non-hydrogen) atoms. The van der Waals surface area contributed by atoms with Gasteiger partial charge in [0.25, 0.3) is 0 Å². The molecular formula is C14H25NaO6S. The fourth-order valence-electron chi connectivity index (χ4n) is 1.79. The summed E-state index contributed by atoms with van der Waals surface area (Å²) in [6, 6.07) is 0. The molecule has 0 aromatic carbocycles. The van der Waals surface area contributed by atoms with E-state index in [1.165, 1.54) is 6.42 Å². The van der Waals surface area contributed by atoms with Crippen molar-refractivity contribution in [3.05, 3.63) is 0 Å². The van der Waals surface area contributed by atoms with E-state index in [4.69, 9.17) is 0 Å². The smallest absolute Gasteiger partial charge is 0.550 e. The minimum atomic E-state index is -3.90. The van der Waals surface area contributed by atoms with Gasteiger partial charge in [-0.15, -0.1) is 0 Å². The second-order valence-electron chi connectivity index (χ2n) is 5.54. The van der Waals surface area contributed by atoms with Gasteiger partial charge < -0.3 is 14.1 Å². The number of unbranched alkanes of at least 4 members (excludes halogenated alkanes) is 4. The molecule has 0 aromatic heterocycles. The Hall–Kier alpha value is -0.110. The van der Waals surface area contributed by atoms with Crippen LogP contribution < -0.4 is 34.7 Å². The molecule has 0 radical (unpaired) electrons. The number of hydrogen-bond donors (Lipinski definition) is 0. The Morgan fingerprint density at radius 3 is 2.09 bits per heavy atom. The Morgan fingerprint density at radius 1 is 1.00 bits per heavy atom. The van der Waals surface area contributed by atoms with Crippen LogP contribution in [0.15, 0.2) is 0 Å². The molecule has 0 amide bonds. The van der Waals surface area contributed by atoms with E-state index in [9.17, 15) is 23.1 Å². The molecule has 0 aliphatic rings. The molecule has 0 saturated carbocycles. The van der Waals surface area contributed by atoms with Gasteiger partial charge in [-0.3, -0.25) is 4.79 Å². The normalized spacial score (nSPS) is 11.0.